The number of furan rings is 1. The Morgan fingerprint density at radius 1 is 1.11 bits per heavy atom. The molecule has 2 aromatic rings. The van der Waals surface area contributed by atoms with Gasteiger partial charge in [-0.1, -0.05) is 19.8 Å². The first-order valence-corrected chi connectivity index (χ1v) is 9.44. The van der Waals surface area contributed by atoms with Crippen molar-refractivity contribution in [3.63, 3.8) is 0 Å². The van der Waals surface area contributed by atoms with Crippen LogP contribution in [-0.4, -0.2) is 30.4 Å². The predicted molar refractivity (Wildman–Crippen MR) is 103 cm³/mol. The highest BCUT2D eigenvalue weighted by molar-refractivity contribution is 6.02. The van der Waals surface area contributed by atoms with Crippen LogP contribution < -0.4 is 10.6 Å². The minimum Gasteiger partial charge on any atom is -0.459 e. The van der Waals surface area contributed by atoms with Gasteiger partial charge in [0.05, 0.1) is 11.8 Å². The molecule has 0 unspecified atom stereocenters. The molecule has 2 amide bonds. The lowest BCUT2D eigenvalue weighted by Crippen LogP contribution is -2.42. The Labute approximate surface area is 163 Å². The number of esters is 1. The van der Waals surface area contributed by atoms with Crippen molar-refractivity contribution in [2.75, 3.05) is 11.9 Å². The second-order valence-electron chi connectivity index (χ2n) is 7.02. The van der Waals surface area contributed by atoms with Crippen LogP contribution in [0.2, 0.25) is 0 Å². The lowest BCUT2D eigenvalue weighted by molar-refractivity contribution is -0.125. The summed E-state index contributed by atoms with van der Waals surface area (Å²) in [4.78, 5) is 36.1. The quantitative estimate of drug-likeness (QED) is 0.744. The Morgan fingerprint density at radius 3 is 2.54 bits per heavy atom. The van der Waals surface area contributed by atoms with E-state index < -0.39 is 5.97 Å². The highest BCUT2D eigenvalue weighted by Crippen LogP contribution is 2.23. The van der Waals surface area contributed by atoms with Crippen LogP contribution >= 0.6 is 0 Å². The first-order chi connectivity index (χ1) is 13.5. The number of nitrogens with one attached hydrogen (secondary N) is 2. The van der Waals surface area contributed by atoms with E-state index in [-0.39, 0.29) is 30.2 Å². The van der Waals surface area contributed by atoms with Crippen molar-refractivity contribution >= 4 is 23.5 Å². The van der Waals surface area contributed by atoms with Gasteiger partial charge in [0.1, 0.15) is 0 Å². The largest absolute Gasteiger partial charge is 0.459 e. The van der Waals surface area contributed by atoms with Crippen molar-refractivity contribution in [2.45, 2.75) is 38.6 Å². The molecule has 0 radical (unpaired) electrons. The van der Waals surface area contributed by atoms with Gasteiger partial charge in [0.15, 0.2) is 12.4 Å². The summed E-state index contributed by atoms with van der Waals surface area (Å²) in [5.41, 5.74) is 0.816. The van der Waals surface area contributed by atoms with Gasteiger partial charge in [0.25, 0.3) is 11.8 Å². The van der Waals surface area contributed by atoms with Crippen LogP contribution in [0.1, 0.15) is 53.5 Å². The zero-order valence-corrected chi connectivity index (χ0v) is 15.8. The van der Waals surface area contributed by atoms with Crippen LogP contribution in [0, 0.1) is 5.92 Å². The molecule has 0 bridgehead atoms. The zero-order valence-electron chi connectivity index (χ0n) is 15.8. The summed E-state index contributed by atoms with van der Waals surface area (Å²) in [7, 11) is 0. The molecule has 7 nitrogen and oxygen atoms in total. The monoisotopic (exact) mass is 384 g/mol. The van der Waals surface area contributed by atoms with E-state index in [1.54, 1.807) is 24.3 Å². The summed E-state index contributed by atoms with van der Waals surface area (Å²) in [5.74, 6) is -0.613. The van der Waals surface area contributed by atoms with Crippen molar-refractivity contribution in [3.8, 4) is 0 Å². The average Bonchev–Trinajstić information content (AvgIpc) is 3.23. The van der Waals surface area contributed by atoms with Gasteiger partial charge in [0, 0.05) is 11.7 Å². The number of anilines is 1. The Morgan fingerprint density at radius 2 is 1.86 bits per heavy atom. The first-order valence-electron chi connectivity index (χ1n) is 9.44. The standard InChI is InChI=1S/C21H24N2O5/c1-14-5-2-3-6-17(14)23-19(24)13-28-21(26)15-8-10-16(11-9-15)22-20(25)18-7-4-12-27-18/h4,7-12,14,17H,2-3,5-6,13H2,1H3,(H,22,25)(H,23,24)/t14-,17+/m0/s1. The third kappa shape index (κ3) is 5.22. The van der Waals surface area contributed by atoms with Gasteiger partial charge in [-0.15, -0.1) is 0 Å². The molecule has 7 heteroatoms. The second kappa shape index (κ2) is 9.21. The van der Waals surface area contributed by atoms with Crippen LogP contribution in [-0.2, 0) is 9.53 Å². The topological polar surface area (TPSA) is 97.6 Å². The molecule has 2 atom stereocenters. The summed E-state index contributed by atoms with van der Waals surface area (Å²) in [5, 5.41) is 5.61. The van der Waals surface area contributed by atoms with Crippen LogP contribution in [0.4, 0.5) is 5.69 Å². The molecule has 148 valence electrons. The second-order valence-corrected chi connectivity index (χ2v) is 7.02. The van der Waals surface area contributed by atoms with Crippen molar-refractivity contribution < 1.29 is 23.5 Å². The molecule has 1 fully saturated rings. The van der Waals surface area contributed by atoms with Crippen LogP contribution in [0.5, 0.6) is 0 Å². The minimum atomic E-state index is -0.587. The first kappa shape index (κ1) is 19.7. The van der Waals surface area contributed by atoms with Crippen LogP contribution in [0.15, 0.2) is 47.1 Å². The number of benzene rings is 1. The highest BCUT2D eigenvalue weighted by atomic mass is 16.5. The molecular weight excluding hydrogens is 360 g/mol. The van der Waals surface area contributed by atoms with Crippen LogP contribution in [0.3, 0.4) is 0 Å². The molecular formula is C21H24N2O5. The van der Waals surface area contributed by atoms with E-state index in [4.69, 9.17) is 9.15 Å². The van der Waals surface area contributed by atoms with E-state index in [2.05, 4.69) is 17.6 Å². The zero-order chi connectivity index (χ0) is 19.9. The molecule has 0 spiro atoms. The van der Waals surface area contributed by atoms with E-state index in [1.165, 1.54) is 24.8 Å². The molecule has 1 aromatic carbocycles. The summed E-state index contributed by atoms with van der Waals surface area (Å²) in [6.45, 7) is 1.82. The third-order valence-corrected chi connectivity index (χ3v) is 4.92. The smallest absolute Gasteiger partial charge is 0.338 e. The lowest BCUT2D eigenvalue weighted by atomic mass is 9.86. The molecule has 3 rings (SSSR count). The van der Waals surface area contributed by atoms with Crippen molar-refractivity contribution in [2.24, 2.45) is 5.92 Å². The van der Waals surface area contributed by atoms with E-state index in [9.17, 15) is 14.4 Å². The molecule has 1 saturated carbocycles. The molecule has 1 heterocycles. The van der Waals surface area contributed by atoms with Gasteiger partial charge >= 0.3 is 5.97 Å². The average molecular weight is 384 g/mol. The molecule has 28 heavy (non-hydrogen) atoms. The fourth-order valence-electron chi connectivity index (χ4n) is 3.28. The Bertz CT molecular complexity index is 814. The van der Waals surface area contributed by atoms with Gasteiger partial charge in [-0.25, -0.2) is 4.79 Å². The number of hydrogen-bond acceptors (Lipinski definition) is 5. The van der Waals surface area contributed by atoms with Gasteiger partial charge in [-0.05, 0) is 55.2 Å². The highest BCUT2D eigenvalue weighted by Gasteiger charge is 2.23. The number of carbonyl (C=O) groups is 3. The maximum atomic E-state index is 12.1. The number of carbonyl (C=O) groups excluding carboxylic acids is 3. The van der Waals surface area contributed by atoms with Gasteiger partial charge in [0.2, 0.25) is 0 Å². The van der Waals surface area contributed by atoms with E-state index in [0.29, 0.717) is 17.2 Å². The molecule has 0 saturated heterocycles. The molecule has 2 N–H and O–H groups in total. The fourth-order valence-corrected chi connectivity index (χ4v) is 3.28. The maximum absolute atomic E-state index is 12.1. The molecule has 1 aliphatic rings. The number of amides is 2. The SMILES string of the molecule is C[C@H]1CCCC[C@H]1NC(=O)COC(=O)c1ccc(NC(=O)c2ccco2)cc1. The molecule has 0 aliphatic heterocycles. The van der Waals surface area contributed by atoms with Gasteiger partial charge < -0.3 is 19.8 Å². The maximum Gasteiger partial charge on any atom is 0.338 e. The van der Waals surface area contributed by atoms with Gasteiger partial charge in [-0.2, -0.15) is 0 Å². The van der Waals surface area contributed by atoms with Crippen LogP contribution in [0.25, 0.3) is 0 Å². The number of hydrogen-bond donors (Lipinski definition) is 2. The fraction of sp³-hybridized carbons (Fsp3) is 0.381. The molecule has 1 aromatic heterocycles. The Balaban J connectivity index is 1.46. The third-order valence-electron chi connectivity index (χ3n) is 4.92. The predicted octanol–water partition coefficient (Wildman–Crippen LogP) is 3.38. The van der Waals surface area contributed by atoms with Crippen molar-refractivity contribution in [3.05, 3.63) is 54.0 Å². The minimum absolute atomic E-state index is 0.150. The Hall–Kier alpha value is -3.09. The summed E-state index contributed by atoms with van der Waals surface area (Å²) < 4.78 is 10.1. The normalized spacial score (nSPS) is 18.9. The molecule has 1 aliphatic carbocycles. The lowest BCUT2D eigenvalue weighted by Gasteiger charge is -2.29. The van der Waals surface area contributed by atoms with E-state index in [1.807, 2.05) is 0 Å². The summed E-state index contributed by atoms with van der Waals surface area (Å²) >= 11 is 0. The number of rotatable bonds is 6. The number of ether oxygens (including phenoxy) is 1. The Kier molecular flexibility index (Phi) is 6.47. The van der Waals surface area contributed by atoms with Gasteiger partial charge in [-0.3, -0.25) is 9.59 Å². The van der Waals surface area contributed by atoms with E-state index >= 15 is 0 Å². The summed E-state index contributed by atoms with van der Waals surface area (Å²) in [6.07, 6.45) is 5.79. The van der Waals surface area contributed by atoms with E-state index in [0.717, 1.165) is 19.3 Å². The van der Waals surface area contributed by atoms with Crippen molar-refractivity contribution in [1.82, 2.24) is 5.32 Å². The van der Waals surface area contributed by atoms with Crippen molar-refractivity contribution in [1.29, 1.82) is 0 Å². The summed E-state index contributed by atoms with van der Waals surface area (Å²) in [6, 6.07) is 9.56.